The van der Waals surface area contributed by atoms with Gasteiger partial charge in [-0.25, -0.2) is 0 Å². The van der Waals surface area contributed by atoms with Crippen molar-refractivity contribution in [1.82, 2.24) is 10.9 Å². The van der Waals surface area contributed by atoms with Crippen molar-refractivity contribution < 1.29 is 27.5 Å². The number of fused-ring (bicyclic) bond motifs is 3. The Morgan fingerprint density at radius 1 is 0.943 bits per heavy atom. The lowest BCUT2D eigenvalue weighted by molar-refractivity contribution is -0.138. The average Bonchev–Trinajstić information content (AvgIpc) is 2.88. The number of carbonyl (C=O) groups excluding carboxylic acids is 2. The highest BCUT2D eigenvalue weighted by atomic mass is 19.4. The molecule has 35 heavy (non-hydrogen) atoms. The number of alkyl halides is 3. The Labute approximate surface area is 203 Å². The molecule has 2 amide bonds. The van der Waals surface area contributed by atoms with Crippen LogP contribution in [0.5, 0.6) is 5.75 Å². The Balaban J connectivity index is 1.40. The largest absolute Gasteiger partial charge is 0.494 e. The minimum absolute atomic E-state index is 0.0524. The molecule has 0 heterocycles. The molecule has 3 saturated carbocycles. The average molecular weight is 489 g/mol. The molecule has 0 aromatic heterocycles. The van der Waals surface area contributed by atoms with Crippen LogP contribution in [0.1, 0.15) is 79.8 Å². The Hall–Kier alpha value is -3.03. The van der Waals surface area contributed by atoms with E-state index in [1.807, 2.05) is 25.1 Å². The molecule has 3 aliphatic carbocycles. The van der Waals surface area contributed by atoms with E-state index in [0.717, 1.165) is 37.8 Å². The van der Waals surface area contributed by atoms with E-state index >= 15 is 0 Å². The molecule has 2 aromatic rings. The first kappa shape index (κ1) is 25.1. The van der Waals surface area contributed by atoms with Gasteiger partial charge >= 0.3 is 6.18 Å². The van der Waals surface area contributed by atoms with E-state index in [1.165, 1.54) is 11.6 Å². The van der Waals surface area contributed by atoms with Crippen molar-refractivity contribution >= 4 is 11.8 Å². The molecular weight excluding hydrogens is 457 g/mol. The summed E-state index contributed by atoms with van der Waals surface area (Å²) in [6.45, 7) is 2.25. The number of hydrazine groups is 1. The van der Waals surface area contributed by atoms with Crippen molar-refractivity contribution in [3.8, 4) is 5.75 Å². The quantitative estimate of drug-likeness (QED) is 0.375. The van der Waals surface area contributed by atoms with Gasteiger partial charge in [-0.2, -0.15) is 13.2 Å². The molecule has 2 N–H and O–H groups in total. The zero-order valence-corrected chi connectivity index (χ0v) is 19.8. The van der Waals surface area contributed by atoms with Gasteiger partial charge in [0.05, 0.1) is 23.1 Å². The molecule has 0 unspecified atom stereocenters. The van der Waals surface area contributed by atoms with Gasteiger partial charge in [0.25, 0.3) is 5.91 Å². The van der Waals surface area contributed by atoms with Crippen molar-refractivity contribution in [2.75, 3.05) is 6.61 Å². The molecule has 3 fully saturated rings. The van der Waals surface area contributed by atoms with Crippen molar-refractivity contribution in [2.24, 2.45) is 5.41 Å². The smallest absolute Gasteiger partial charge is 0.417 e. The Morgan fingerprint density at radius 3 is 2.20 bits per heavy atom. The van der Waals surface area contributed by atoms with Gasteiger partial charge in [0, 0.05) is 0 Å². The summed E-state index contributed by atoms with van der Waals surface area (Å²) in [6, 6.07) is 13.6. The standard InChI is InChI=1S/C27H31F3N2O3/c1-2-3-17-35-20-9-10-21(22(18-20)27(28,29)30)23(33)31-32-24(34)26-14-11-25(12-15-26,13-16-26)19-7-5-4-6-8-19/h4-10,18H,2-3,11-17H2,1H3,(H,31,33)(H,32,34). The fourth-order valence-corrected chi connectivity index (χ4v) is 5.44. The maximum Gasteiger partial charge on any atom is 0.417 e. The first-order chi connectivity index (χ1) is 16.7. The Kier molecular flexibility index (Phi) is 7.10. The van der Waals surface area contributed by atoms with E-state index in [0.29, 0.717) is 32.3 Å². The van der Waals surface area contributed by atoms with Gasteiger partial charge < -0.3 is 4.74 Å². The van der Waals surface area contributed by atoms with Crippen molar-refractivity contribution in [1.29, 1.82) is 0 Å². The SMILES string of the molecule is CCCCOc1ccc(C(=O)NNC(=O)C23CCC(c4ccccc4)(CC2)CC3)c(C(F)(F)F)c1. The molecule has 2 aromatic carbocycles. The van der Waals surface area contributed by atoms with Gasteiger partial charge in [0.2, 0.25) is 5.91 Å². The van der Waals surface area contributed by atoms with E-state index in [-0.39, 0.29) is 17.1 Å². The predicted octanol–water partition coefficient (Wildman–Crippen LogP) is 5.94. The molecule has 0 aliphatic heterocycles. The minimum atomic E-state index is -4.74. The van der Waals surface area contributed by atoms with E-state index in [1.54, 1.807) is 0 Å². The molecule has 188 valence electrons. The van der Waals surface area contributed by atoms with Crippen LogP contribution in [0.3, 0.4) is 0 Å². The monoisotopic (exact) mass is 488 g/mol. The van der Waals surface area contributed by atoms with Crippen LogP contribution in [0.2, 0.25) is 0 Å². The summed E-state index contributed by atoms with van der Waals surface area (Å²) in [4.78, 5) is 25.7. The third-order valence-corrected chi connectivity index (χ3v) is 7.71. The molecule has 0 saturated heterocycles. The maximum atomic E-state index is 13.6. The highest BCUT2D eigenvalue weighted by Crippen LogP contribution is 2.57. The number of halogens is 3. The van der Waals surface area contributed by atoms with Crippen LogP contribution in [0, 0.1) is 5.41 Å². The van der Waals surface area contributed by atoms with Crippen LogP contribution in [0.15, 0.2) is 48.5 Å². The summed E-state index contributed by atoms with van der Waals surface area (Å²) in [6.07, 6.45) is 1.48. The van der Waals surface area contributed by atoms with Crippen LogP contribution < -0.4 is 15.6 Å². The number of rotatable bonds is 7. The van der Waals surface area contributed by atoms with Gasteiger partial charge in [-0.05, 0) is 74.1 Å². The van der Waals surface area contributed by atoms with Crippen molar-refractivity contribution in [2.45, 2.75) is 69.9 Å². The second-order valence-corrected chi connectivity index (χ2v) is 9.74. The molecule has 5 nitrogen and oxygen atoms in total. The third-order valence-electron chi connectivity index (χ3n) is 7.71. The van der Waals surface area contributed by atoms with E-state index < -0.39 is 28.6 Å². The zero-order valence-electron chi connectivity index (χ0n) is 19.8. The van der Waals surface area contributed by atoms with Gasteiger partial charge in [0.1, 0.15) is 5.75 Å². The number of hydrogen-bond acceptors (Lipinski definition) is 3. The van der Waals surface area contributed by atoms with Crippen LogP contribution in [-0.2, 0) is 16.4 Å². The number of hydrogen-bond donors (Lipinski definition) is 2. The van der Waals surface area contributed by atoms with E-state index in [9.17, 15) is 22.8 Å². The second-order valence-electron chi connectivity index (χ2n) is 9.74. The molecule has 3 aliphatic rings. The molecule has 5 rings (SSSR count). The lowest BCUT2D eigenvalue weighted by Crippen LogP contribution is -2.55. The summed E-state index contributed by atoms with van der Waals surface area (Å²) in [5, 5.41) is 0. The van der Waals surface area contributed by atoms with Gasteiger partial charge in [-0.15, -0.1) is 0 Å². The first-order valence-corrected chi connectivity index (χ1v) is 12.2. The highest BCUT2D eigenvalue weighted by Gasteiger charge is 2.53. The first-order valence-electron chi connectivity index (χ1n) is 12.2. The topological polar surface area (TPSA) is 67.4 Å². The van der Waals surface area contributed by atoms with Crippen LogP contribution in [0.4, 0.5) is 13.2 Å². The number of benzene rings is 2. The number of ether oxygens (including phenoxy) is 1. The lowest BCUT2D eigenvalue weighted by atomic mass is 9.51. The van der Waals surface area contributed by atoms with Gasteiger partial charge in [-0.3, -0.25) is 20.4 Å². The summed E-state index contributed by atoms with van der Waals surface area (Å²) in [7, 11) is 0. The molecule has 2 bridgehead atoms. The summed E-state index contributed by atoms with van der Waals surface area (Å²) >= 11 is 0. The molecule has 0 spiro atoms. The Morgan fingerprint density at radius 2 is 1.60 bits per heavy atom. The number of amides is 2. The maximum absolute atomic E-state index is 13.6. The number of nitrogens with one attached hydrogen (secondary N) is 2. The van der Waals surface area contributed by atoms with Crippen LogP contribution in [0.25, 0.3) is 0 Å². The Bertz CT molecular complexity index is 1040. The minimum Gasteiger partial charge on any atom is -0.494 e. The predicted molar refractivity (Wildman–Crippen MR) is 126 cm³/mol. The second kappa shape index (κ2) is 9.91. The van der Waals surface area contributed by atoms with Gasteiger partial charge in [-0.1, -0.05) is 43.7 Å². The van der Waals surface area contributed by atoms with E-state index in [2.05, 4.69) is 23.0 Å². The molecule has 0 atom stereocenters. The van der Waals surface area contributed by atoms with Crippen LogP contribution >= 0.6 is 0 Å². The fourth-order valence-electron chi connectivity index (χ4n) is 5.44. The number of unbranched alkanes of at least 4 members (excludes halogenated alkanes) is 1. The molecular formula is C27H31F3N2O3. The zero-order chi connectivity index (χ0) is 25.1. The van der Waals surface area contributed by atoms with Crippen molar-refractivity contribution in [3.63, 3.8) is 0 Å². The van der Waals surface area contributed by atoms with E-state index in [4.69, 9.17) is 4.74 Å². The normalized spacial score (nSPS) is 23.5. The highest BCUT2D eigenvalue weighted by molar-refractivity contribution is 5.97. The molecule has 8 heteroatoms. The lowest BCUT2D eigenvalue weighted by Gasteiger charge is -2.52. The summed E-state index contributed by atoms with van der Waals surface area (Å²) in [5.41, 5.74) is 3.75. The third kappa shape index (κ3) is 5.16. The van der Waals surface area contributed by atoms with Crippen LogP contribution in [-0.4, -0.2) is 18.4 Å². The molecule has 0 radical (unpaired) electrons. The summed E-state index contributed by atoms with van der Waals surface area (Å²) < 4.78 is 46.3. The van der Waals surface area contributed by atoms with Crippen molar-refractivity contribution in [3.05, 3.63) is 65.2 Å². The number of carbonyl (C=O) groups is 2. The van der Waals surface area contributed by atoms with Gasteiger partial charge in [0.15, 0.2) is 0 Å². The fraction of sp³-hybridized carbons (Fsp3) is 0.481. The summed E-state index contributed by atoms with van der Waals surface area (Å²) in [5.74, 6) is -1.29.